The molecule has 0 aliphatic rings. The number of hydrogen-bond acceptors (Lipinski definition) is 2. The molecule has 2 nitrogen and oxygen atoms in total. The third-order valence-electron chi connectivity index (χ3n) is 2.48. The lowest BCUT2D eigenvalue weighted by molar-refractivity contribution is -0.346. The van der Waals surface area contributed by atoms with Gasteiger partial charge < -0.3 is 4.74 Å². The first-order valence-corrected chi connectivity index (χ1v) is 5.44. The Morgan fingerprint density at radius 2 is 1.38 bits per heavy atom. The first-order chi connectivity index (χ1) is 10.5. The SMILES string of the molecule is O=C(Oc1cccc(C(F)(F)F)c1F)C(F)(F)C(F)(F)C(F)(F)F. The summed E-state index contributed by atoms with van der Waals surface area (Å²) in [4.78, 5) is 10.8. The zero-order chi connectivity index (χ0) is 19.1. The molecule has 24 heavy (non-hydrogen) atoms. The Morgan fingerprint density at radius 3 is 1.79 bits per heavy atom. The van der Waals surface area contributed by atoms with Crippen molar-refractivity contribution >= 4 is 5.97 Å². The second-order valence-corrected chi connectivity index (χ2v) is 4.15. The standard InChI is InChI=1S/C11H3F11O2/c12-6-4(9(15,16)17)2-1-3-5(6)24-7(23)8(13,14)10(18,19)11(20,21)22/h1-3H. The largest absolute Gasteiger partial charge is 0.460 e. The van der Waals surface area contributed by atoms with Gasteiger partial charge in [-0.05, 0) is 12.1 Å². The van der Waals surface area contributed by atoms with Gasteiger partial charge in [0.25, 0.3) is 0 Å². The Morgan fingerprint density at radius 1 is 0.875 bits per heavy atom. The van der Waals surface area contributed by atoms with Crippen molar-refractivity contribution in [2.24, 2.45) is 0 Å². The third-order valence-corrected chi connectivity index (χ3v) is 2.48. The van der Waals surface area contributed by atoms with E-state index in [2.05, 4.69) is 4.74 Å². The van der Waals surface area contributed by atoms with E-state index in [-0.39, 0.29) is 12.1 Å². The van der Waals surface area contributed by atoms with Gasteiger partial charge in [0.2, 0.25) is 0 Å². The quantitative estimate of drug-likeness (QED) is 0.439. The molecule has 0 saturated heterocycles. The van der Waals surface area contributed by atoms with Crippen molar-refractivity contribution in [3.05, 3.63) is 29.6 Å². The number of carbonyl (C=O) groups is 1. The van der Waals surface area contributed by atoms with Gasteiger partial charge in [0, 0.05) is 0 Å². The van der Waals surface area contributed by atoms with Gasteiger partial charge >= 0.3 is 30.2 Å². The van der Waals surface area contributed by atoms with Crippen molar-refractivity contribution in [3.8, 4) is 5.75 Å². The lowest BCUT2D eigenvalue weighted by atomic mass is 10.1. The first-order valence-electron chi connectivity index (χ1n) is 5.44. The molecular formula is C11H3F11O2. The third kappa shape index (κ3) is 3.38. The molecule has 0 fully saturated rings. The first kappa shape index (κ1) is 20.0. The van der Waals surface area contributed by atoms with Crippen molar-refractivity contribution in [1.82, 2.24) is 0 Å². The van der Waals surface area contributed by atoms with Crippen LogP contribution in [0, 0.1) is 5.82 Å². The van der Waals surface area contributed by atoms with Crippen molar-refractivity contribution in [3.63, 3.8) is 0 Å². The Labute approximate surface area is 124 Å². The van der Waals surface area contributed by atoms with Crippen LogP contribution in [0.5, 0.6) is 5.75 Å². The minimum atomic E-state index is -6.89. The number of carbonyl (C=O) groups excluding carboxylic acids is 1. The fourth-order valence-electron chi connectivity index (χ4n) is 1.28. The fourth-order valence-corrected chi connectivity index (χ4v) is 1.28. The van der Waals surface area contributed by atoms with E-state index in [1.807, 2.05) is 0 Å². The number of halogens is 11. The van der Waals surface area contributed by atoms with Crippen molar-refractivity contribution < 1.29 is 57.8 Å². The molecule has 1 aromatic carbocycles. The molecule has 0 spiro atoms. The van der Waals surface area contributed by atoms with Crippen molar-refractivity contribution in [2.45, 2.75) is 24.2 Å². The Hall–Kier alpha value is -2.08. The highest BCUT2D eigenvalue weighted by molar-refractivity contribution is 5.81. The average Bonchev–Trinajstić information content (AvgIpc) is 2.38. The maximum absolute atomic E-state index is 13.4. The molecule has 0 bridgehead atoms. The van der Waals surface area contributed by atoms with Gasteiger partial charge in [-0.1, -0.05) is 6.07 Å². The van der Waals surface area contributed by atoms with E-state index in [1.165, 1.54) is 0 Å². The van der Waals surface area contributed by atoms with Crippen LogP contribution in [-0.4, -0.2) is 24.0 Å². The summed E-state index contributed by atoms with van der Waals surface area (Å²) < 4.78 is 140. The fraction of sp³-hybridized carbons (Fsp3) is 0.364. The molecule has 13 heteroatoms. The molecule has 0 aromatic heterocycles. The maximum Gasteiger partial charge on any atom is 0.460 e. The van der Waals surface area contributed by atoms with Crippen molar-refractivity contribution in [2.75, 3.05) is 0 Å². The number of hydrogen-bond donors (Lipinski definition) is 0. The van der Waals surface area contributed by atoms with Crippen LogP contribution in [0.3, 0.4) is 0 Å². The monoisotopic (exact) mass is 376 g/mol. The lowest BCUT2D eigenvalue weighted by Gasteiger charge is -2.26. The maximum atomic E-state index is 13.4. The van der Waals surface area contributed by atoms with E-state index >= 15 is 0 Å². The van der Waals surface area contributed by atoms with E-state index in [4.69, 9.17) is 0 Å². The minimum Gasteiger partial charge on any atom is -0.419 e. The van der Waals surface area contributed by atoms with Gasteiger partial charge in [-0.25, -0.2) is 9.18 Å². The van der Waals surface area contributed by atoms with Gasteiger partial charge in [0.15, 0.2) is 11.6 Å². The van der Waals surface area contributed by atoms with Crippen LogP contribution >= 0.6 is 0 Å². The summed E-state index contributed by atoms with van der Waals surface area (Å²) in [5.41, 5.74) is -2.11. The summed E-state index contributed by atoms with van der Waals surface area (Å²) in [6.07, 6.45) is -12.2. The zero-order valence-corrected chi connectivity index (χ0v) is 10.7. The molecule has 0 heterocycles. The summed E-state index contributed by atoms with van der Waals surface area (Å²) in [6.45, 7) is 0. The summed E-state index contributed by atoms with van der Waals surface area (Å²) in [5.74, 6) is -21.3. The average molecular weight is 376 g/mol. The lowest BCUT2D eigenvalue weighted by Crippen LogP contribution is -2.57. The van der Waals surface area contributed by atoms with Gasteiger partial charge in [0.05, 0.1) is 5.56 Å². The topological polar surface area (TPSA) is 26.3 Å². The number of ether oxygens (including phenoxy) is 1. The molecule has 0 aliphatic carbocycles. The number of alkyl halides is 10. The minimum absolute atomic E-state index is 0.0924. The summed E-state index contributed by atoms with van der Waals surface area (Å²) in [6, 6.07) is 0.605. The molecular weight excluding hydrogens is 373 g/mol. The second-order valence-electron chi connectivity index (χ2n) is 4.15. The molecule has 0 radical (unpaired) electrons. The smallest absolute Gasteiger partial charge is 0.419 e. The summed E-state index contributed by atoms with van der Waals surface area (Å²) >= 11 is 0. The van der Waals surface area contributed by atoms with E-state index in [1.54, 1.807) is 0 Å². The van der Waals surface area contributed by atoms with E-state index < -0.39 is 47.3 Å². The summed E-state index contributed by atoms with van der Waals surface area (Å²) in [7, 11) is 0. The molecule has 1 rings (SSSR count). The number of rotatable bonds is 3. The molecule has 1 aromatic rings. The van der Waals surface area contributed by atoms with E-state index in [9.17, 15) is 53.1 Å². The van der Waals surface area contributed by atoms with Crippen LogP contribution in [0.25, 0.3) is 0 Å². The highest BCUT2D eigenvalue weighted by Gasteiger charge is 2.77. The van der Waals surface area contributed by atoms with Crippen LogP contribution in [0.2, 0.25) is 0 Å². The van der Waals surface area contributed by atoms with Crippen LogP contribution in [0.4, 0.5) is 48.3 Å². The van der Waals surface area contributed by atoms with Gasteiger partial charge in [0.1, 0.15) is 0 Å². The molecule has 0 saturated carbocycles. The Kier molecular flexibility index (Phi) is 4.80. The molecule has 0 aliphatic heterocycles. The van der Waals surface area contributed by atoms with Gasteiger partial charge in [-0.15, -0.1) is 0 Å². The van der Waals surface area contributed by atoms with E-state index in [0.29, 0.717) is 6.07 Å². The molecule has 0 unspecified atom stereocenters. The molecule has 0 N–H and O–H groups in total. The van der Waals surface area contributed by atoms with Crippen LogP contribution in [-0.2, 0) is 11.0 Å². The van der Waals surface area contributed by atoms with Crippen LogP contribution in [0.15, 0.2) is 18.2 Å². The van der Waals surface area contributed by atoms with Gasteiger partial charge in [-0.3, -0.25) is 0 Å². The van der Waals surface area contributed by atoms with Crippen molar-refractivity contribution in [1.29, 1.82) is 0 Å². The Bertz CT molecular complexity index is 630. The highest BCUT2D eigenvalue weighted by atomic mass is 19.4. The number of benzene rings is 1. The predicted octanol–water partition coefficient (Wildman–Crippen LogP) is 4.58. The zero-order valence-electron chi connectivity index (χ0n) is 10.7. The number of esters is 1. The highest BCUT2D eigenvalue weighted by Crippen LogP contribution is 2.47. The van der Waals surface area contributed by atoms with Crippen LogP contribution in [0.1, 0.15) is 5.56 Å². The Balaban J connectivity index is 3.22. The predicted molar refractivity (Wildman–Crippen MR) is 53.0 cm³/mol. The van der Waals surface area contributed by atoms with E-state index in [0.717, 1.165) is 0 Å². The molecule has 0 atom stereocenters. The van der Waals surface area contributed by atoms with Crippen LogP contribution < -0.4 is 4.74 Å². The normalized spacial score (nSPS) is 13.8. The van der Waals surface area contributed by atoms with Gasteiger partial charge in [-0.2, -0.15) is 43.9 Å². The second kappa shape index (κ2) is 5.77. The molecule has 0 amide bonds. The summed E-state index contributed by atoms with van der Waals surface area (Å²) in [5, 5.41) is 0. The molecule has 136 valence electrons.